The second-order valence-corrected chi connectivity index (χ2v) is 7.37. The summed E-state index contributed by atoms with van der Waals surface area (Å²) < 4.78 is 38.2. The number of non-ortho nitro benzene ring substituents is 1. The number of amides is 1. The van der Waals surface area contributed by atoms with Gasteiger partial charge in [-0.1, -0.05) is 6.07 Å². The van der Waals surface area contributed by atoms with E-state index in [9.17, 15) is 27.7 Å². The Morgan fingerprint density at radius 3 is 2.38 bits per heavy atom. The molecule has 0 unspecified atom stereocenters. The lowest BCUT2D eigenvalue weighted by atomic mass is 10.2. The molecule has 0 aliphatic carbocycles. The van der Waals surface area contributed by atoms with Crippen molar-refractivity contribution in [3.05, 3.63) is 64.5 Å². The number of nitrogens with one attached hydrogen (secondary N) is 1. The van der Waals surface area contributed by atoms with E-state index in [2.05, 4.69) is 5.32 Å². The van der Waals surface area contributed by atoms with Gasteiger partial charge in [0.15, 0.2) is 0 Å². The lowest BCUT2D eigenvalue weighted by molar-refractivity contribution is -0.384. The Hall–Kier alpha value is -3.01. The van der Waals surface area contributed by atoms with Crippen LogP contribution in [0.4, 0.5) is 21.5 Å². The van der Waals surface area contributed by atoms with Crippen LogP contribution in [0.1, 0.15) is 6.92 Å². The standard InChI is InChI=1S/C16H16FN3O5S/c1-11(16(21)18-13-4-3-5-15(10-13)20(22)23)19(26(2,24)25)14-8-6-12(17)7-9-14/h3-11H,1-2H3,(H,18,21)/t11-/m1/s1. The zero-order valence-corrected chi connectivity index (χ0v) is 14.7. The molecule has 2 rings (SSSR count). The molecule has 0 aromatic heterocycles. The van der Waals surface area contributed by atoms with Crippen LogP contribution in [0.2, 0.25) is 0 Å². The summed E-state index contributed by atoms with van der Waals surface area (Å²) in [5.41, 5.74) is 0.0631. The van der Waals surface area contributed by atoms with Crippen molar-refractivity contribution < 1.29 is 22.5 Å². The quantitative estimate of drug-likeness (QED) is 0.611. The molecule has 0 saturated heterocycles. The van der Waals surface area contributed by atoms with Crippen molar-refractivity contribution in [1.82, 2.24) is 0 Å². The summed E-state index contributed by atoms with van der Waals surface area (Å²) in [6.45, 7) is 1.36. The smallest absolute Gasteiger partial charge is 0.271 e. The number of halogens is 1. The largest absolute Gasteiger partial charge is 0.324 e. The SMILES string of the molecule is C[C@H](C(=O)Nc1cccc([N+](=O)[O-])c1)N(c1ccc(F)cc1)S(C)(=O)=O. The van der Waals surface area contributed by atoms with E-state index in [0.29, 0.717) is 0 Å². The summed E-state index contributed by atoms with van der Waals surface area (Å²) in [5.74, 6) is -1.24. The number of nitro groups is 1. The second kappa shape index (κ2) is 7.48. The summed E-state index contributed by atoms with van der Waals surface area (Å²) in [4.78, 5) is 22.6. The Labute approximate surface area is 149 Å². The molecule has 138 valence electrons. The van der Waals surface area contributed by atoms with Gasteiger partial charge in [-0.2, -0.15) is 0 Å². The number of sulfonamides is 1. The van der Waals surface area contributed by atoms with Gasteiger partial charge in [-0.15, -0.1) is 0 Å². The van der Waals surface area contributed by atoms with Crippen molar-refractivity contribution in [3.63, 3.8) is 0 Å². The molecule has 8 nitrogen and oxygen atoms in total. The van der Waals surface area contributed by atoms with E-state index in [1.165, 1.54) is 37.3 Å². The molecule has 1 N–H and O–H groups in total. The fourth-order valence-electron chi connectivity index (χ4n) is 2.34. The van der Waals surface area contributed by atoms with Gasteiger partial charge in [0, 0.05) is 17.8 Å². The number of hydrogen-bond acceptors (Lipinski definition) is 5. The predicted octanol–water partition coefficient (Wildman–Crippen LogP) is 2.53. The molecule has 2 aromatic carbocycles. The predicted molar refractivity (Wildman–Crippen MR) is 94.9 cm³/mol. The number of carbonyl (C=O) groups is 1. The van der Waals surface area contributed by atoms with Crippen molar-refractivity contribution in [2.45, 2.75) is 13.0 Å². The van der Waals surface area contributed by atoms with Crippen molar-refractivity contribution in [3.8, 4) is 0 Å². The summed E-state index contributed by atoms with van der Waals surface area (Å²) in [6.07, 6.45) is 0.924. The average molecular weight is 381 g/mol. The minimum Gasteiger partial charge on any atom is -0.324 e. The van der Waals surface area contributed by atoms with Gasteiger partial charge < -0.3 is 5.32 Å². The maximum atomic E-state index is 13.1. The minimum atomic E-state index is -3.85. The molecule has 0 spiro atoms. The summed E-state index contributed by atoms with van der Waals surface area (Å²) in [6, 6.07) is 8.74. The van der Waals surface area contributed by atoms with Gasteiger partial charge in [0.25, 0.3) is 5.69 Å². The number of anilines is 2. The molecule has 0 aliphatic heterocycles. The van der Waals surface area contributed by atoms with Crippen LogP contribution in [0.5, 0.6) is 0 Å². The Morgan fingerprint density at radius 1 is 1.23 bits per heavy atom. The Kier molecular flexibility index (Phi) is 5.56. The van der Waals surface area contributed by atoms with Crippen molar-refractivity contribution in [1.29, 1.82) is 0 Å². The highest BCUT2D eigenvalue weighted by Gasteiger charge is 2.29. The van der Waals surface area contributed by atoms with Gasteiger partial charge in [-0.05, 0) is 37.3 Å². The highest BCUT2D eigenvalue weighted by molar-refractivity contribution is 7.92. The lowest BCUT2D eigenvalue weighted by Gasteiger charge is -2.28. The summed E-state index contributed by atoms with van der Waals surface area (Å²) in [5, 5.41) is 13.2. The Morgan fingerprint density at radius 2 is 1.85 bits per heavy atom. The zero-order valence-electron chi connectivity index (χ0n) is 13.9. The van der Waals surface area contributed by atoms with Gasteiger partial charge >= 0.3 is 0 Å². The Bertz CT molecular complexity index is 931. The van der Waals surface area contributed by atoms with Gasteiger partial charge in [0.2, 0.25) is 15.9 Å². The van der Waals surface area contributed by atoms with E-state index in [0.717, 1.165) is 28.8 Å². The molecular weight excluding hydrogens is 365 g/mol. The van der Waals surface area contributed by atoms with E-state index in [1.807, 2.05) is 0 Å². The first-order valence-corrected chi connectivity index (χ1v) is 9.24. The van der Waals surface area contributed by atoms with Crippen molar-refractivity contribution >= 4 is 33.0 Å². The van der Waals surface area contributed by atoms with Crippen LogP contribution < -0.4 is 9.62 Å². The number of carbonyl (C=O) groups excluding carboxylic acids is 1. The minimum absolute atomic E-state index is 0.121. The summed E-state index contributed by atoms with van der Waals surface area (Å²) in [7, 11) is -3.85. The number of nitrogens with zero attached hydrogens (tertiary/aromatic N) is 2. The van der Waals surface area contributed by atoms with Crippen LogP contribution in [-0.2, 0) is 14.8 Å². The van der Waals surface area contributed by atoms with Crippen molar-refractivity contribution in [2.75, 3.05) is 15.9 Å². The van der Waals surface area contributed by atoms with Gasteiger partial charge in [0.05, 0.1) is 16.9 Å². The van der Waals surface area contributed by atoms with E-state index in [1.54, 1.807) is 0 Å². The highest BCUT2D eigenvalue weighted by atomic mass is 32.2. The molecule has 26 heavy (non-hydrogen) atoms. The lowest BCUT2D eigenvalue weighted by Crippen LogP contribution is -2.45. The number of benzene rings is 2. The monoisotopic (exact) mass is 381 g/mol. The molecule has 0 bridgehead atoms. The molecule has 2 aromatic rings. The third-order valence-corrected chi connectivity index (χ3v) is 4.74. The van der Waals surface area contributed by atoms with Crippen LogP contribution >= 0.6 is 0 Å². The van der Waals surface area contributed by atoms with Gasteiger partial charge in [-0.3, -0.25) is 19.2 Å². The molecule has 0 heterocycles. The molecule has 0 fully saturated rings. The van der Waals surface area contributed by atoms with E-state index < -0.39 is 32.7 Å². The maximum absolute atomic E-state index is 13.1. The maximum Gasteiger partial charge on any atom is 0.271 e. The molecule has 1 amide bonds. The molecule has 0 aliphatic rings. The average Bonchev–Trinajstić information content (AvgIpc) is 2.55. The third kappa shape index (κ3) is 4.54. The molecule has 10 heteroatoms. The first-order chi connectivity index (χ1) is 12.1. The zero-order chi connectivity index (χ0) is 19.5. The van der Waals surface area contributed by atoms with Crippen LogP contribution in [-0.4, -0.2) is 31.5 Å². The van der Waals surface area contributed by atoms with Gasteiger partial charge in [-0.25, -0.2) is 12.8 Å². The normalized spacial score (nSPS) is 12.3. The fraction of sp³-hybridized carbons (Fsp3) is 0.188. The van der Waals surface area contributed by atoms with Crippen molar-refractivity contribution in [2.24, 2.45) is 0 Å². The van der Waals surface area contributed by atoms with E-state index in [-0.39, 0.29) is 17.1 Å². The topological polar surface area (TPSA) is 110 Å². The molecular formula is C16H16FN3O5S. The molecule has 0 saturated carbocycles. The number of rotatable bonds is 6. The first-order valence-electron chi connectivity index (χ1n) is 7.40. The van der Waals surface area contributed by atoms with Crippen LogP contribution in [0.15, 0.2) is 48.5 Å². The summed E-state index contributed by atoms with van der Waals surface area (Å²) >= 11 is 0. The fourth-order valence-corrected chi connectivity index (χ4v) is 3.52. The number of nitro benzene ring substituents is 1. The molecule has 1 atom stereocenters. The van der Waals surface area contributed by atoms with Crippen LogP contribution in [0.3, 0.4) is 0 Å². The Balaban J connectivity index is 2.29. The second-order valence-electron chi connectivity index (χ2n) is 5.51. The first kappa shape index (κ1) is 19.3. The van der Waals surface area contributed by atoms with Crippen LogP contribution in [0.25, 0.3) is 0 Å². The molecule has 0 radical (unpaired) electrons. The van der Waals surface area contributed by atoms with E-state index >= 15 is 0 Å². The number of hydrogen-bond donors (Lipinski definition) is 1. The van der Waals surface area contributed by atoms with Crippen LogP contribution in [0, 0.1) is 15.9 Å². The highest BCUT2D eigenvalue weighted by Crippen LogP contribution is 2.23. The van der Waals surface area contributed by atoms with E-state index in [4.69, 9.17) is 0 Å². The third-order valence-electron chi connectivity index (χ3n) is 3.49. The van der Waals surface area contributed by atoms with Gasteiger partial charge in [0.1, 0.15) is 11.9 Å².